The van der Waals surface area contributed by atoms with Gasteiger partial charge in [0, 0.05) is 30.6 Å². The molecule has 0 atom stereocenters. The van der Waals surface area contributed by atoms with Gasteiger partial charge in [0.15, 0.2) is 0 Å². The zero-order chi connectivity index (χ0) is 10.9. The molecule has 0 aromatic heterocycles. The number of hydrogen-bond acceptors (Lipinski definition) is 2. The normalized spacial score (nSPS) is 19.1. The van der Waals surface area contributed by atoms with Crippen LogP contribution in [0, 0.1) is 0 Å². The molecular formula is C11H13F2NO. The van der Waals surface area contributed by atoms with Gasteiger partial charge in [-0.05, 0) is 6.07 Å². The van der Waals surface area contributed by atoms with Gasteiger partial charge in [-0.2, -0.15) is 0 Å². The summed E-state index contributed by atoms with van der Waals surface area (Å²) in [5, 5.41) is 2.97. The molecule has 1 aromatic carbocycles. The highest BCUT2D eigenvalue weighted by Crippen LogP contribution is 2.38. The van der Waals surface area contributed by atoms with Crippen molar-refractivity contribution in [1.29, 1.82) is 0 Å². The number of halogens is 2. The monoisotopic (exact) mass is 213 g/mol. The molecule has 1 aliphatic heterocycles. The third kappa shape index (κ3) is 1.81. The molecule has 0 unspecified atom stereocenters. The van der Waals surface area contributed by atoms with Gasteiger partial charge in [0.2, 0.25) is 0 Å². The van der Waals surface area contributed by atoms with Crippen molar-refractivity contribution in [2.24, 2.45) is 0 Å². The largest absolute Gasteiger partial charge is 0.496 e. The molecule has 4 heteroatoms. The summed E-state index contributed by atoms with van der Waals surface area (Å²) in [5.41, 5.74) is 0.661. The number of methoxy groups -OCH3 is 1. The molecule has 0 saturated heterocycles. The Morgan fingerprint density at radius 3 is 2.93 bits per heavy atom. The summed E-state index contributed by atoms with van der Waals surface area (Å²) >= 11 is 0. The third-order valence-corrected chi connectivity index (χ3v) is 2.66. The van der Waals surface area contributed by atoms with Gasteiger partial charge in [-0.3, -0.25) is 0 Å². The van der Waals surface area contributed by atoms with Gasteiger partial charge < -0.3 is 10.1 Å². The summed E-state index contributed by atoms with van der Waals surface area (Å²) in [5.74, 6) is -2.23. The second-order valence-electron chi connectivity index (χ2n) is 3.62. The quantitative estimate of drug-likeness (QED) is 0.772. The summed E-state index contributed by atoms with van der Waals surface area (Å²) in [4.78, 5) is 0. The predicted molar refractivity (Wildman–Crippen MR) is 53.2 cm³/mol. The van der Waals surface area contributed by atoms with E-state index in [1.165, 1.54) is 13.2 Å². The van der Waals surface area contributed by atoms with Crippen molar-refractivity contribution in [3.63, 3.8) is 0 Å². The van der Waals surface area contributed by atoms with Crippen LogP contribution in [0.15, 0.2) is 18.2 Å². The first kappa shape index (κ1) is 10.4. The maximum Gasteiger partial charge on any atom is 0.274 e. The van der Waals surface area contributed by atoms with Crippen molar-refractivity contribution >= 4 is 0 Å². The second-order valence-corrected chi connectivity index (χ2v) is 3.62. The van der Waals surface area contributed by atoms with Crippen LogP contribution in [0.2, 0.25) is 0 Å². The summed E-state index contributed by atoms with van der Waals surface area (Å²) in [6.07, 6.45) is -0.160. The highest BCUT2D eigenvalue weighted by molar-refractivity contribution is 5.43. The minimum Gasteiger partial charge on any atom is -0.496 e. The number of benzene rings is 1. The Hall–Kier alpha value is -1.16. The van der Waals surface area contributed by atoms with Gasteiger partial charge in [0.25, 0.3) is 5.92 Å². The maximum absolute atomic E-state index is 13.7. The fourth-order valence-electron chi connectivity index (χ4n) is 1.88. The van der Waals surface area contributed by atoms with E-state index >= 15 is 0 Å². The van der Waals surface area contributed by atoms with Crippen molar-refractivity contribution in [1.82, 2.24) is 5.32 Å². The van der Waals surface area contributed by atoms with Crippen molar-refractivity contribution in [2.45, 2.75) is 18.9 Å². The SMILES string of the molecule is COc1cccc2c1CNCCC2(F)F. The zero-order valence-corrected chi connectivity index (χ0v) is 8.52. The van der Waals surface area contributed by atoms with E-state index in [-0.39, 0.29) is 12.0 Å². The second kappa shape index (κ2) is 3.77. The average Bonchev–Trinajstić information content (AvgIpc) is 2.38. The fourth-order valence-corrected chi connectivity index (χ4v) is 1.88. The molecule has 0 aliphatic carbocycles. The first-order chi connectivity index (χ1) is 7.15. The Kier molecular flexibility index (Phi) is 2.61. The number of alkyl halides is 2. The van der Waals surface area contributed by atoms with Gasteiger partial charge in [-0.1, -0.05) is 12.1 Å². The van der Waals surface area contributed by atoms with E-state index in [1.54, 1.807) is 12.1 Å². The lowest BCUT2D eigenvalue weighted by molar-refractivity contribution is -0.0108. The molecular weight excluding hydrogens is 200 g/mol. The minimum absolute atomic E-state index is 0.0897. The Morgan fingerprint density at radius 1 is 1.40 bits per heavy atom. The van der Waals surface area contributed by atoms with Gasteiger partial charge in [-0.15, -0.1) is 0 Å². The lowest BCUT2D eigenvalue weighted by Crippen LogP contribution is -2.17. The fraction of sp³-hybridized carbons (Fsp3) is 0.455. The molecule has 0 bridgehead atoms. The Balaban J connectivity index is 2.54. The molecule has 15 heavy (non-hydrogen) atoms. The Morgan fingerprint density at radius 2 is 2.20 bits per heavy atom. The van der Waals surface area contributed by atoms with Crippen molar-refractivity contribution in [2.75, 3.05) is 13.7 Å². The number of nitrogens with one attached hydrogen (secondary N) is 1. The maximum atomic E-state index is 13.7. The van der Waals surface area contributed by atoms with Crippen LogP contribution in [0.4, 0.5) is 8.78 Å². The third-order valence-electron chi connectivity index (χ3n) is 2.66. The molecule has 0 spiro atoms. The van der Waals surface area contributed by atoms with Gasteiger partial charge in [0.05, 0.1) is 7.11 Å². The predicted octanol–water partition coefficient (Wildman–Crippen LogP) is 2.28. The number of rotatable bonds is 1. The van der Waals surface area contributed by atoms with E-state index in [9.17, 15) is 8.78 Å². The lowest BCUT2D eigenvalue weighted by atomic mass is 10.00. The van der Waals surface area contributed by atoms with Crippen LogP contribution in [0.5, 0.6) is 5.75 Å². The minimum atomic E-state index is -2.76. The van der Waals surface area contributed by atoms with Crippen LogP contribution in [-0.2, 0) is 12.5 Å². The molecule has 0 saturated carbocycles. The molecule has 1 aromatic rings. The van der Waals surface area contributed by atoms with Gasteiger partial charge in [-0.25, -0.2) is 8.78 Å². The zero-order valence-electron chi connectivity index (χ0n) is 8.52. The molecule has 0 radical (unpaired) electrons. The highest BCUT2D eigenvalue weighted by atomic mass is 19.3. The van der Waals surface area contributed by atoms with E-state index in [1.807, 2.05) is 0 Å². The first-order valence-corrected chi connectivity index (χ1v) is 4.90. The van der Waals surface area contributed by atoms with E-state index in [4.69, 9.17) is 4.74 Å². The first-order valence-electron chi connectivity index (χ1n) is 4.90. The molecule has 1 aliphatic rings. The van der Waals surface area contributed by atoms with Crippen LogP contribution in [0.1, 0.15) is 17.5 Å². The van der Waals surface area contributed by atoms with Crippen LogP contribution < -0.4 is 10.1 Å². The summed E-state index contributed by atoms with van der Waals surface area (Å²) in [7, 11) is 1.50. The lowest BCUT2D eigenvalue weighted by Gasteiger charge is -2.17. The number of ether oxygens (including phenoxy) is 1. The molecule has 2 rings (SSSR count). The average molecular weight is 213 g/mol. The van der Waals surface area contributed by atoms with Gasteiger partial charge in [0.1, 0.15) is 5.75 Å². The van der Waals surface area contributed by atoms with Crippen molar-refractivity contribution in [3.8, 4) is 5.75 Å². The van der Waals surface area contributed by atoms with Crippen LogP contribution in [-0.4, -0.2) is 13.7 Å². The number of fused-ring (bicyclic) bond motifs is 1. The number of hydrogen-bond donors (Lipinski definition) is 1. The standard InChI is InChI=1S/C11H13F2NO/c1-15-10-4-2-3-9-8(10)7-14-6-5-11(9,12)13/h2-4,14H,5-7H2,1H3. The van der Waals surface area contributed by atoms with Crippen LogP contribution in [0.3, 0.4) is 0 Å². The van der Waals surface area contributed by atoms with E-state index in [0.29, 0.717) is 24.4 Å². The summed E-state index contributed by atoms with van der Waals surface area (Å²) in [6.45, 7) is 0.764. The van der Waals surface area contributed by atoms with E-state index < -0.39 is 5.92 Å². The molecule has 1 heterocycles. The molecule has 0 amide bonds. The molecule has 82 valence electrons. The molecule has 1 N–H and O–H groups in total. The van der Waals surface area contributed by atoms with Gasteiger partial charge >= 0.3 is 0 Å². The van der Waals surface area contributed by atoms with Crippen molar-refractivity contribution in [3.05, 3.63) is 29.3 Å². The van der Waals surface area contributed by atoms with E-state index in [0.717, 1.165) is 0 Å². The van der Waals surface area contributed by atoms with Crippen LogP contribution >= 0.6 is 0 Å². The Bertz CT molecular complexity index is 366. The Labute approximate surface area is 87.2 Å². The van der Waals surface area contributed by atoms with Crippen LogP contribution in [0.25, 0.3) is 0 Å². The van der Waals surface area contributed by atoms with Crippen molar-refractivity contribution < 1.29 is 13.5 Å². The summed E-state index contributed by atoms with van der Waals surface area (Å²) in [6, 6.07) is 4.80. The van der Waals surface area contributed by atoms with E-state index in [2.05, 4.69) is 5.32 Å². The highest BCUT2D eigenvalue weighted by Gasteiger charge is 2.35. The summed E-state index contributed by atoms with van der Waals surface area (Å²) < 4.78 is 32.4. The molecule has 0 fully saturated rings. The molecule has 2 nitrogen and oxygen atoms in total. The smallest absolute Gasteiger partial charge is 0.274 e. The topological polar surface area (TPSA) is 21.3 Å².